The van der Waals surface area contributed by atoms with Crippen molar-refractivity contribution in [2.75, 3.05) is 0 Å². The normalized spacial score (nSPS) is 29.7. The molecule has 0 aromatic heterocycles. The van der Waals surface area contributed by atoms with Crippen LogP contribution in [0, 0.1) is 11.8 Å². The molecule has 1 aliphatic rings. The number of fused-ring (bicyclic) bond motifs is 1. The molecule has 2 nitrogen and oxygen atoms in total. The maximum Gasteiger partial charge on any atom is 0.192 e. The van der Waals surface area contributed by atoms with Gasteiger partial charge in [-0.1, -0.05) is 38.1 Å². The van der Waals surface area contributed by atoms with Crippen LogP contribution in [0.1, 0.15) is 25.0 Å². The van der Waals surface area contributed by atoms with E-state index in [1.54, 1.807) is 6.07 Å². The van der Waals surface area contributed by atoms with Crippen LogP contribution in [0.15, 0.2) is 24.3 Å². The van der Waals surface area contributed by atoms with E-state index in [0.717, 1.165) is 12.0 Å². The summed E-state index contributed by atoms with van der Waals surface area (Å²) in [5.41, 5.74) is 1.73. The molecule has 76 valence electrons. The van der Waals surface area contributed by atoms with Crippen molar-refractivity contribution in [1.82, 2.24) is 0 Å². The van der Waals surface area contributed by atoms with Crippen LogP contribution in [0.4, 0.5) is 0 Å². The standard InChI is InChI=1S/C12H16O2/c1-8-7-10-5-3-4-6-11(10)12(13,14)9(8)2/h3-6,8-9,13-14H,7H2,1-2H3. The smallest absolute Gasteiger partial charge is 0.192 e. The molecule has 0 saturated heterocycles. The lowest BCUT2D eigenvalue weighted by Gasteiger charge is -2.39. The van der Waals surface area contributed by atoms with Crippen LogP contribution in [0.3, 0.4) is 0 Å². The lowest BCUT2D eigenvalue weighted by molar-refractivity contribution is -0.222. The lowest BCUT2D eigenvalue weighted by atomic mass is 9.73. The highest BCUT2D eigenvalue weighted by Crippen LogP contribution is 2.40. The van der Waals surface area contributed by atoms with Gasteiger partial charge < -0.3 is 10.2 Å². The van der Waals surface area contributed by atoms with E-state index in [2.05, 4.69) is 6.92 Å². The molecule has 0 radical (unpaired) electrons. The molecule has 2 rings (SSSR count). The third kappa shape index (κ3) is 1.26. The van der Waals surface area contributed by atoms with Crippen LogP contribution in [0.5, 0.6) is 0 Å². The van der Waals surface area contributed by atoms with Crippen LogP contribution in [-0.2, 0) is 12.2 Å². The summed E-state index contributed by atoms with van der Waals surface area (Å²) >= 11 is 0. The quantitative estimate of drug-likeness (QED) is 0.614. The van der Waals surface area contributed by atoms with E-state index in [9.17, 15) is 10.2 Å². The number of hydrogen-bond donors (Lipinski definition) is 2. The second-order valence-corrected chi connectivity index (χ2v) is 4.35. The van der Waals surface area contributed by atoms with Crippen molar-refractivity contribution in [2.24, 2.45) is 11.8 Å². The van der Waals surface area contributed by atoms with E-state index in [1.807, 2.05) is 25.1 Å². The predicted molar refractivity (Wildman–Crippen MR) is 54.6 cm³/mol. The minimum Gasteiger partial charge on any atom is -0.362 e. The topological polar surface area (TPSA) is 40.5 Å². The maximum atomic E-state index is 10.0. The fraction of sp³-hybridized carbons (Fsp3) is 0.500. The maximum absolute atomic E-state index is 10.0. The van der Waals surface area contributed by atoms with Gasteiger partial charge in [0, 0.05) is 11.5 Å². The van der Waals surface area contributed by atoms with Crippen molar-refractivity contribution in [3.8, 4) is 0 Å². The molecule has 0 aliphatic heterocycles. The Labute approximate surface area is 84.2 Å². The Bertz CT molecular complexity index is 344. The zero-order valence-electron chi connectivity index (χ0n) is 8.57. The third-order valence-electron chi connectivity index (χ3n) is 3.44. The number of benzene rings is 1. The van der Waals surface area contributed by atoms with Crippen molar-refractivity contribution in [3.05, 3.63) is 35.4 Å². The molecule has 1 aromatic carbocycles. The minimum atomic E-state index is -1.66. The fourth-order valence-electron chi connectivity index (χ4n) is 2.22. The largest absolute Gasteiger partial charge is 0.362 e. The van der Waals surface area contributed by atoms with Gasteiger partial charge in [-0.25, -0.2) is 0 Å². The Morgan fingerprint density at radius 3 is 2.57 bits per heavy atom. The SMILES string of the molecule is CC1Cc2ccccc2C(O)(O)C1C. The van der Waals surface area contributed by atoms with Crippen LogP contribution < -0.4 is 0 Å². The van der Waals surface area contributed by atoms with Crippen molar-refractivity contribution in [2.45, 2.75) is 26.1 Å². The molecule has 0 bridgehead atoms. The zero-order chi connectivity index (χ0) is 10.3. The monoisotopic (exact) mass is 192 g/mol. The molecule has 1 aliphatic carbocycles. The number of hydrogen-bond acceptors (Lipinski definition) is 2. The molecule has 0 fully saturated rings. The average Bonchev–Trinajstić information content (AvgIpc) is 2.15. The molecule has 2 heteroatoms. The molecule has 0 amide bonds. The second-order valence-electron chi connectivity index (χ2n) is 4.35. The van der Waals surface area contributed by atoms with Crippen LogP contribution in [0.2, 0.25) is 0 Å². The van der Waals surface area contributed by atoms with Gasteiger partial charge in [-0.2, -0.15) is 0 Å². The van der Waals surface area contributed by atoms with Crippen molar-refractivity contribution in [3.63, 3.8) is 0 Å². The van der Waals surface area contributed by atoms with E-state index in [4.69, 9.17) is 0 Å². The molecule has 0 heterocycles. The van der Waals surface area contributed by atoms with Gasteiger partial charge in [0.05, 0.1) is 0 Å². The van der Waals surface area contributed by atoms with Gasteiger partial charge in [-0.3, -0.25) is 0 Å². The summed E-state index contributed by atoms with van der Waals surface area (Å²) in [6.07, 6.45) is 0.931. The summed E-state index contributed by atoms with van der Waals surface area (Å²) in [7, 11) is 0. The van der Waals surface area contributed by atoms with Gasteiger partial charge in [0.1, 0.15) is 0 Å². The van der Waals surface area contributed by atoms with Crippen molar-refractivity contribution >= 4 is 0 Å². The van der Waals surface area contributed by atoms with Gasteiger partial charge in [0.2, 0.25) is 0 Å². The second kappa shape index (κ2) is 3.07. The first-order valence-corrected chi connectivity index (χ1v) is 5.06. The van der Waals surface area contributed by atoms with Crippen molar-refractivity contribution in [1.29, 1.82) is 0 Å². The van der Waals surface area contributed by atoms with E-state index in [0.29, 0.717) is 11.5 Å². The first kappa shape index (κ1) is 9.69. The minimum absolute atomic E-state index is 0.114. The Morgan fingerprint density at radius 2 is 1.86 bits per heavy atom. The summed E-state index contributed by atoms with van der Waals surface area (Å²) in [5, 5.41) is 20.0. The molecule has 0 saturated carbocycles. The summed E-state index contributed by atoms with van der Waals surface area (Å²) in [4.78, 5) is 0. The summed E-state index contributed by atoms with van der Waals surface area (Å²) in [6, 6.07) is 7.57. The predicted octanol–water partition coefficient (Wildman–Crippen LogP) is 1.65. The Morgan fingerprint density at radius 1 is 1.21 bits per heavy atom. The van der Waals surface area contributed by atoms with E-state index in [-0.39, 0.29) is 5.92 Å². The summed E-state index contributed by atoms with van der Waals surface area (Å²) in [5.74, 6) is -1.47. The van der Waals surface area contributed by atoms with Gasteiger partial charge in [0.15, 0.2) is 5.79 Å². The fourth-order valence-corrected chi connectivity index (χ4v) is 2.22. The molecular formula is C12H16O2. The highest BCUT2D eigenvalue weighted by atomic mass is 16.5. The molecule has 2 N–H and O–H groups in total. The summed E-state index contributed by atoms with van der Waals surface area (Å²) in [6.45, 7) is 3.95. The molecule has 1 aromatic rings. The first-order chi connectivity index (χ1) is 6.53. The molecule has 14 heavy (non-hydrogen) atoms. The Kier molecular flexibility index (Phi) is 2.13. The third-order valence-corrected chi connectivity index (χ3v) is 3.44. The van der Waals surface area contributed by atoms with E-state index in [1.165, 1.54) is 0 Å². The lowest BCUT2D eigenvalue weighted by Crippen LogP contribution is -2.41. The molecular weight excluding hydrogens is 176 g/mol. The highest BCUT2D eigenvalue weighted by molar-refractivity contribution is 5.34. The first-order valence-electron chi connectivity index (χ1n) is 5.06. The van der Waals surface area contributed by atoms with Gasteiger partial charge in [-0.05, 0) is 17.9 Å². The van der Waals surface area contributed by atoms with E-state index >= 15 is 0 Å². The van der Waals surface area contributed by atoms with Crippen molar-refractivity contribution < 1.29 is 10.2 Å². The van der Waals surface area contributed by atoms with E-state index < -0.39 is 5.79 Å². The van der Waals surface area contributed by atoms with Crippen LogP contribution in [-0.4, -0.2) is 10.2 Å². The number of rotatable bonds is 0. The molecule has 2 atom stereocenters. The molecule has 0 spiro atoms. The highest BCUT2D eigenvalue weighted by Gasteiger charge is 2.41. The number of aliphatic hydroxyl groups is 2. The van der Waals surface area contributed by atoms with Crippen LogP contribution >= 0.6 is 0 Å². The zero-order valence-corrected chi connectivity index (χ0v) is 8.57. The van der Waals surface area contributed by atoms with Gasteiger partial charge >= 0.3 is 0 Å². The molecule has 2 unspecified atom stereocenters. The summed E-state index contributed by atoms with van der Waals surface area (Å²) < 4.78 is 0. The Hall–Kier alpha value is -0.860. The average molecular weight is 192 g/mol. The Balaban J connectivity index is 2.54. The van der Waals surface area contributed by atoms with Crippen LogP contribution in [0.25, 0.3) is 0 Å². The van der Waals surface area contributed by atoms with Gasteiger partial charge in [-0.15, -0.1) is 0 Å². The van der Waals surface area contributed by atoms with Gasteiger partial charge in [0.25, 0.3) is 0 Å².